The van der Waals surface area contributed by atoms with Crippen LogP contribution in [0, 0.1) is 11.7 Å². The van der Waals surface area contributed by atoms with Crippen molar-refractivity contribution in [3.8, 4) is 5.75 Å². The lowest BCUT2D eigenvalue weighted by molar-refractivity contribution is 0.184. The van der Waals surface area contributed by atoms with Crippen molar-refractivity contribution in [3.63, 3.8) is 0 Å². The van der Waals surface area contributed by atoms with E-state index in [4.69, 9.17) is 4.74 Å². The first-order valence-corrected chi connectivity index (χ1v) is 10.9. The molecule has 1 aliphatic heterocycles. The van der Waals surface area contributed by atoms with Crippen LogP contribution in [0.25, 0.3) is 0 Å². The lowest BCUT2D eigenvalue weighted by Gasteiger charge is -2.29. The molecule has 0 aliphatic carbocycles. The van der Waals surface area contributed by atoms with Gasteiger partial charge in [-0.15, -0.1) is 11.3 Å². The Bertz CT molecular complexity index is 713. The third kappa shape index (κ3) is 6.18. The molecule has 3 rings (SSSR count). The number of unbranched alkanes of at least 4 members (excludes halogenated alkanes) is 2. The van der Waals surface area contributed by atoms with Crippen LogP contribution in [0.5, 0.6) is 5.75 Å². The standard InChI is InChI=1S/C21H30FN3OS/c1-3-4-5-12-26-20-7-6-17(13-19(20)22)23-21-24-18(15-27-21)14-25-10-8-16(2)9-11-25/h6-7,13,15-16H,3-5,8-12,14H2,1-2H3,(H,23,24). The number of thiazole rings is 1. The normalized spacial score (nSPS) is 15.8. The van der Waals surface area contributed by atoms with Crippen molar-refractivity contribution in [2.75, 3.05) is 25.0 Å². The van der Waals surface area contributed by atoms with Crippen molar-refractivity contribution in [2.24, 2.45) is 5.92 Å². The zero-order valence-electron chi connectivity index (χ0n) is 16.3. The summed E-state index contributed by atoms with van der Waals surface area (Å²) in [5.74, 6) is 0.814. The number of anilines is 2. The Morgan fingerprint density at radius 1 is 1.30 bits per heavy atom. The van der Waals surface area contributed by atoms with Crippen LogP contribution in [0.1, 0.15) is 51.6 Å². The van der Waals surface area contributed by atoms with E-state index in [2.05, 4.69) is 34.4 Å². The third-order valence-corrected chi connectivity index (χ3v) is 5.81. The van der Waals surface area contributed by atoms with Crippen molar-refractivity contribution in [2.45, 2.75) is 52.5 Å². The van der Waals surface area contributed by atoms with Crippen molar-refractivity contribution in [1.29, 1.82) is 0 Å². The van der Waals surface area contributed by atoms with Crippen LogP contribution in [0.15, 0.2) is 23.6 Å². The van der Waals surface area contributed by atoms with Crippen molar-refractivity contribution in [1.82, 2.24) is 9.88 Å². The van der Waals surface area contributed by atoms with E-state index >= 15 is 0 Å². The van der Waals surface area contributed by atoms with Crippen molar-refractivity contribution >= 4 is 22.2 Å². The van der Waals surface area contributed by atoms with E-state index in [0.29, 0.717) is 18.0 Å². The van der Waals surface area contributed by atoms with Gasteiger partial charge in [0.2, 0.25) is 0 Å². The van der Waals surface area contributed by atoms with Gasteiger partial charge in [0.25, 0.3) is 0 Å². The maximum Gasteiger partial charge on any atom is 0.187 e. The highest BCUT2D eigenvalue weighted by Crippen LogP contribution is 2.26. The zero-order valence-corrected chi connectivity index (χ0v) is 17.2. The summed E-state index contributed by atoms with van der Waals surface area (Å²) >= 11 is 1.56. The average molecular weight is 392 g/mol. The van der Waals surface area contributed by atoms with Gasteiger partial charge in [-0.1, -0.05) is 26.7 Å². The van der Waals surface area contributed by atoms with Gasteiger partial charge in [-0.05, 0) is 50.4 Å². The summed E-state index contributed by atoms with van der Waals surface area (Å²) in [6.45, 7) is 8.20. The molecule has 148 valence electrons. The van der Waals surface area contributed by atoms with Gasteiger partial charge in [0.05, 0.1) is 12.3 Å². The summed E-state index contributed by atoms with van der Waals surface area (Å²) in [4.78, 5) is 7.11. The number of piperidine rings is 1. The summed E-state index contributed by atoms with van der Waals surface area (Å²) in [6.07, 6.45) is 5.71. The fourth-order valence-electron chi connectivity index (χ4n) is 3.24. The van der Waals surface area contributed by atoms with E-state index < -0.39 is 0 Å². The van der Waals surface area contributed by atoms with Gasteiger partial charge in [0, 0.05) is 23.7 Å². The predicted molar refractivity (Wildman–Crippen MR) is 110 cm³/mol. The summed E-state index contributed by atoms with van der Waals surface area (Å²) in [7, 11) is 0. The predicted octanol–water partition coefficient (Wildman–Crippen LogP) is 5.83. The highest BCUT2D eigenvalue weighted by molar-refractivity contribution is 7.13. The molecule has 0 saturated carbocycles. The van der Waals surface area contributed by atoms with Gasteiger partial charge in [0.15, 0.2) is 16.7 Å². The molecule has 0 unspecified atom stereocenters. The Kier molecular flexibility index (Phi) is 7.47. The molecule has 1 aromatic carbocycles. The van der Waals surface area contributed by atoms with E-state index in [1.807, 2.05) is 6.07 Å². The highest BCUT2D eigenvalue weighted by atomic mass is 32.1. The average Bonchev–Trinajstić information content (AvgIpc) is 3.09. The number of nitrogens with one attached hydrogen (secondary N) is 1. The number of likely N-dealkylation sites (tertiary alicyclic amines) is 1. The minimum atomic E-state index is -0.337. The molecular weight excluding hydrogens is 361 g/mol. The molecular formula is C21H30FN3OS. The van der Waals surface area contributed by atoms with Gasteiger partial charge >= 0.3 is 0 Å². The molecule has 0 amide bonds. The first-order chi connectivity index (χ1) is 13.1. The van der Waals surface area contributed by atoms with Gasteiger partial charge in [-0.25, -0.2) is 9.37 Å². The SMILES string of the molecule is CCCCCOc1ccc(Nc2nc(CN3CCC(C)CC3)cs2)cc1F. The second kappa shape index (κ2) is 10.0. The summed E-state index contributed by atoms with van der Waals surface area (Å²) in [5.41, 5.74) is 1.77. The number of aromatic nitrogens is 1. The monoisotopic (exact) mass is 391 g/mol. The van der Waals surface area contributed by atoms with E-state index in [1.165, 1.54) is 18.9 Å². The maximum absolute atomic E-state index is 14.2. The van der Waals surface area contributed by atoms with Gasteiger partial charge < -0.3 is 10.1 Å². The summed E-state index contributed by atoms with van der Waals surface area (Å²) in [5, 5.41) is 6.09. The number of ether oxygens (including phenoxy) is 1. The maximum atomic E-state index is 14.2. The first-order valence-electron chi connectivity index (χ1n) is 10.00. The number of hydrogen-bond donors (Lipinski definition) is 1. The molecule has 1 fully saturated rings. The largest absolute Gasteiger partial charge is 0.491 e. The Balaban J connectivity index is 1.51. The fourth-order valence-corrected chi connectivity index (χ4v) is 3.96. The lowest BCUT2D eigenvalue weighted by Crippen LogP contribution is -2.32. The summed E-state index contributed by atoms with van der Waals surface area (Å²) in [6, 6.07) is 5.00. The number of rotatable bonds is 9. The molecule has 2 heterocycles. The van der Waals surface area contributed by atoms with Crippen LogP contribution in [-0.2, 0) is 6.54 Å². The van der Waals surface area contributed by atoms with Crippen LogP contribution in [0.2, 0.25) is 0 Å². The molecule has 27 heavy (non-hydrogen) atoms. The molecule has 0 radical (unpaired) electrons. The molecule has 1 N–H and O–H groups in total. The minimum absolute atomic E-state index is 0.316. The van der Waals surface area contributed by atoms with Crippen LogP contribution in [0.3, 0.4) is 0 Å². The molecule has 1 aliphatic rings. The van der Waals surface area contributed by atoms with E-state index in [1.54, 1.807) is 17.4 Å². The van der Waals surface area contributed by atoms with E-state index in [0.717, 1.165) is 55.6 Å². The molecule has 2 aromatic rings. The van der Waals surface area contributed by atoms with Crippen LogP contribution >= 0.6 is 11.3 Å². The number of nitrogens with zero attached hydrogens (tertiary/aromatic N) is 2. The molecule has 0 bridgehead atoms. The molecule has 6 heteroatoms. The highest BCUT2D eigenvalue weighted by Gasteiger charge is 2.17. The number of benzene rings is 1. The van der Waals surface area contributed by atoms with Gasteiger partial charge in [-0.3, -0.25) is 4.90 Å². The first kappa shape index (κ1) is 20.1. The second-order valence-corrected chi connectivity index (χ2v) is 8.29. The van der Waals surface area contributed by atoms with E-state index in [-0.39, 0.29) is 5.82 Å². The van der Waals surface area contributed by atoms with E-state index in [9.17, 15) is 4.39 Å². The van der Waals surface area contributed by atoms with Crippen LogP contribution in [-0.4, -0.2) is 29.6 Å². The molecule has 0 atom stereocenters. The second-order valence-electron chi connectivity index (χ2n) is 7.43. The summed E-state index contributed by atoms with van der Waals surface area (Å²) < 4.78 is 19.7. The van der Waals surface area contributed by atoms with Gasteiger partial charge in [-0.2, -0.15) is 0 Å². The zero-order chi connectivity index (χ0) is 19.1. The Hall–Kier alpha value is -1.66. The lowest BCUT2D eigenvalue weighted by atomic mass is 9.99. The molecule has 1 aromatic heterocycles. The molecule has 0 spiro atoms. The quantitative estimate of drug-likeness (QED) is 0.546. The smallest absolute Gasteiger partial charge is 0.187 e. The Morgan fingerprint density at radius 3 is 2.85 bits per heavy atom. The fraction of sp³-hybridized carbons (Fsp3) is 0.571. The van der Waals surface area contributed by atoms with Crippen molar-refractivity contribution in [3.05, 3.63) is 35.1 Å². The Morgan fingerprint density at radius 2 is 2.11 bits per heavy atom. The minimum Gasteiger partial charge on any atom is -0.491 e. The molecule has 1 saturated heterocycles. The third-order valence-electron chi connectivity index (χ3n) is 5.00. The van der Waals surface area contributed by atoms with Crippen LogP contribution < -0.4 is 10.1 Å². The topological polar surface area (TPSA) is 37.4 Å². The molecule has 4 nitrogen and oxygen atoms in total. The van der Waals surface area contributed by atoms with Crippen LogP contribution in [0.4, 0.5) is 15.2 Å². The van der Waals surface area contributed by atoms with Crippen molar-refractivity contribution < 1.29 is 9.13 Å². The van der Waals surface area contributed by atoms with Gasteiger partial charge in [0.1, 0.15) is 0 Å². The number of hydrogen-bond acceptors (Lipinski definition) is 5. The Labute approximate surface area is 165 Å². The number of halogens is 1.